The van der Waals surface area contributed by atoms with Gasteiger partial charge in [-0.3, -0.25) is 0 Å². The van der Waals surface area contributed by atoms with Crippen LogP contribution in [0.1, 0.15) is 10.4 Å². The summed E-state index contributed by atoms with van der Waals surface area (Å²) in [5, 5.41) is 12.5. The first-order chi connectivity index (χ1) is 9.63. The molecule has 0 amide bonds. The molecule has 0 bridgehead atoms. The molecule has 0 aliphatic heterocycles. The van der Waals surface area contributed by atoms with E-state index in [0.717, 1.165) is 10.2 Å². The van der Waals surface area contributed by atoms with Crippen LogP contribution in [0.5, 0.6) is 0 Å². The Morgan fingerprint density at radius 3 is 2.85 bits per heavy atom. The molecular formula is C13H10N4O2S. The van der Waals surface area contributed by atoms with Crippen molar-refractivity contribution >= 4 is 44.2 Å². The summed E-state index contributed by atoms with van der Waals surface area (Å²) in [6.45, 7) is 0. The zero-order chi connectivity index (χ0) is 14.1. The van der Waals surface area contributed by atoms with Crippen molar-refractivity contribution < 1.29 is 9.90 Å². The molecule has 3 aromatic rings. The van der Waals surface area contributed by atoms with Gasteiger partial charge in [-0.15, -0.1) is 0 Å². The van der Waals surface area contributed by atoms with Crippen LogP contribution in [0.25, 0.3) is 10.2 Å². The largest absolute Gasteiger partial charge is 0.478 e. The van der Waals surface area contributed by atoms with Crippen LogP contribution in [0.15, 0.2) is 36.5 Å². The molecule has 1 aromatic carbocycles. The second kappa shape index (κ2) is 4.78. The first kappa shape index (κ1) is 12.4. The molecule has 2 heterocycles. The third-order valence-corrected chi connectivity index (χ3v) is 3.64. The first-order valence-electron chi connectivity index (χ1n) is 5.75. The summed E-state index contributed by atoms with van der Waals surface area (Å²) < 4.78 is 1.05. The molecule has 0 unspecified atom stereocenters. The predicted molar refractivity (Wildman–Crippen MR) is 78.5 cm³/mol. The van der Waals surface area contributed by atoms with Crippen molar-refractivity contribution in [2.75, 3.05) is 11.1 Å². The Hall–Kier alpha value is -2.67. The Bertz CT molecular complexity index is 767. The molecule has 0 saturated heterocycles. The van der Waals surface area contributed by atoms with E-state index in [1.165, 1.54) is 23.6 Å². The van der Waals surface area contributed by atoms with Crippen LogP contribution in [-0.2, 0) is 0 Å². The van der Waals surface area contributed by atoms with Gasteiger partial charge in [-0.05, 0) is 18.2 Å². The highest BCUT2D eigenvalue weighted by Gasteiger charge is 2.10. The summed E-state index contributed by atoms with van der Waals surface area (Å²) in [7, 11) is 0. The van der Waals surface area contributed by atoms with Crippen LogP contribution in [0.3, 0.4) is 0 Å². The summed E-state index contributed by atoms with van der Waals surface area (Å²) in [4.78, 5) is 19.2. The summed E-state index contributed by atoms with van der Waals surface area (Å²) >= 11 is 1.48. The van der Waals surface area contributed by atoms with E-state index >= 15 is 0 Å². The van der Waals surface area contributed by atoms with E-state index in [-0.39, 0.29) is 11.3 Å². The number of thiazole rings is 1. The number of carboxylic acid groups (broad SMARTS) is 1. The molecule has 3 rings (SSSR count). The molecule has 0 aliphatic rings. The van der Waals surface area contributed by atoms with E-state index in [4.69, 9.17) is 10.8 Å². The molecular weight excluding hydrogens is 276 g/mol. The van der Waals surface area contributed by atoms with Gasteiger partial charge < -0.3 is 16.2 Å². The molecule has 0 fully saturated rings. The van der Waals surface area contributed by atoms with Crippen molar-refractivity contribution in [1.29, 1.82) is 0 Å². The van der Waals surface area contributed by atoms with Gasteiger partial charge in [0.1, 0.15) is 0 Å². The summed E-state index contributed by atoms with van der Waals surface area (Å²) in [6, 6.07) is 9.12. The Kier molecular flexibility index (Phi) is 2.96. The SMILES string of the molecule is Nc1cc(C(=O)O)cnc1Nc1nc2ccccc2s1. The van der Waals surface area contributed by atoms with Crippen LogP contribution < -0.4 is 11.1 Å². The lowest BCUT2D eigenvalue weighted by molar-refractivity contribution is 0.0696. The van der Waals surface area contributed by atoms with Crippen molar-refractivity contribution in [2.24, 2.45) is 0 Å². The number of carbonyl (C=O) groups is 1. The Morgan fingerprint density at radius 2 is 2.15 bits per heavy atom. The molecule has 0 atom stereocenters. The Morgan fingerprint density at radius 1 is 1.35 bits per heavy atom. The van der Waals surface area contributed by atoms with Gasteiger partial charge in [0, 0.05) is 6.20 Å². The maximum Gasteiger partial charge on any atom is 0.337 e. The van der Waals surface area contributed by atoms with Crippen LogP contribution in [-0.4, -0.2) is 21.0 Å². The summed E-state index contributed by atoms with van der Waals surface area (Å²) in [6.07, 6.45) is 1.26. The molecule has 6 nitrogen and oxygen atoms in total. The summed E-state index contributed by atoms with van der Waals surface area (Å²) in [5.41, 5.74) is 7.00. The minimum atomic E-state index is -1.06. The fraction of sp³-hybridized carbons (Fsp3) is 0. The molecule has 4 N–H and O–H groups in total. The third-order valence-electron chi connectivity index (χ3n) is 2.68. The number of fused-ring (bicyclic) bond motifs is 1. The smallest absolute Gasteiger partial charge is 0.337 e. The molecule has 20 heavy (non-hydrogen) atoms. The maximum atomic E-state index is 10.8. The van der Waals surface area contributed by atoms with Crippen molar-refractivity contribution in [1.82, 2.24) is 9.97 Å². The normalized spacial score (nSPS) is 10.6. The van der Waals surface area contributed by atoms with Crippen LogP contribution in [0.2, 0.25) is 0 Å². The lowest BCUT2D eigenvalue weighted by Crippen LogP contribution is -2.03. The molecule has 0 spiro atoms. The van der Waals surface area contributed by atoms with E-state index in [2.05, 4.69) is 15.3 Å². The molecule has 2 aromatic heterocycles. The summed E-state index contributed by atoms with van der Waals surface area (Å²) in [5.74, 6) is -0.662. The minimum Gasteiger partial charge on any atom is -0.478 e. The van der Waals surface area contributed by atoms with Gasteiger partial charge in [0.05, 0.1) is 21.5 Å². The topological polar surface area (TPSA) is 101 Å². The number of carboxylic acids is 1. The van der Waals surface area contributed by atoms with Crippen molar-refractivity contribution in [3.8, 4) is 0 Å². The lowest BCUT2D eigenvalue weighted by Gasteiger charge is -2.05. The average Bonchev–Trinajstić information content (AvgIpc) is 2.83. The number of para-hydroxylation sites is 1. The number of nitrogen functional groups attached to an aromatic ring is 1. The van der Waals surface area contributed by atoms with Gasteiger partial charge in [-0.2, -0.15) is 0 Å². The Balaban J connectivity index is 1.92. The van der Waals surface area contributed by atoms with Gasteiger partial charge in [0.25, 0.3) is 0 Å². The van der Waals surface area contributed by atoms with E-state index < -0.39 is 5.97 Å². The van der Waals surface area contributed by atoms with Crippen LogP contribution >= 0.6 is 11.3 Å². The zero-order valence-electron chi connectivity index (χ0n) is 10.2. The van der Waals surface area contributed by atoms with Gasteiger partial charge in [-0.1, -0.05) is 23.5 Å². The number of anilines is 3. The average molecular weight is 286 g/mol. The van der Waals surface area contributed by atoms with Gasteiger partial charge in [0.2, 0.25) is 0 Å². The molecule has 0 radical (unpaired) electrons. The number of benzene rings is 1. The minimum absolute atomic E-state index is 0.0531. The number of hydrogen-bond donors (Lipinski definition) is 3. The van der Waals surface area contributed by atoms with Crippen LogP contribution in [0, 0.1) is 0 Å². The fourth-order valence-corrected chi connectivity index (χ4v) is 2.60. The molecule has 100 valence electrons. The van der Waals surface area contributed by atoms with Gasteiger partial charge in [0.15, 0.2) is 10.9 Å². The van der Waals surface area contributed by atoms with E-state index in [1.54, 1.807) is 0 Å². The van der Waals surface area contributed by atoms with E-state index in [9.17, 15) is 4.79 Å². The van der Waals surface area contributed by atoms with Crippen molar-refractivity contribution in [3.63, 3.8) is 0 Å². The number of nitrogens with one attached hydrogen (secondary N) is 1. The Labute approximate surface area is 117 Å². The monoisotopic (exact) mass is 286 g/mol. The van der Waals surface area contributed by atoms with E-state index in [1.807, 2.05) is 24.3 Å². The fourth-order valence-electron chi connectivity index (χ4n) is 1.73. The third kappa shape index (κ3) is 2.26. The van der Waals surface area contributed by atoms with E-state index in [0.29, 0.717) is 10.9 Å². The van der Waals surface area contributed by atoms with Gasteiger partial charge in [-0.25, -0.2) is 14.8 Å². The second-order valence-electron chi connectivity index (χ2n) is 4.08. The van der Waals surface area contributed by atoms with Gasteiger partial charge >= 0.3 is 5.97 Å². The number of rotatable bonds is 3. The van der Waals surface area contributed by atoms with Crippen LogP contribution in [0.4, 0.5) is 16.6 Å². The maximum absolute atomic E-state index is 10.8. The number of aromatic carboxylic acids is 1. The molecule has 0 saturated carbocycles. The quantitative estimate of drug-likeness (QED) is 0.684. The predicted octanol–water partition coefficient (Wildman–Crippen LogP) is 2.72. The molecule has 7 heteroatoms. The lowest BCUT2D eigenvalue weighted by atomic mass is 10.2. The highest BCUT2D eigenvalue weighted by Crippen LogP contribution is 2.29. The highest BCUT2D eigenvalue weighted by atomic mass is 32.1. The number of nitrogens with zero attached hydrogens (tertiary/aromatic N) is 2. The number of nitrogens with two attached hydrogens (primary N) is 1. The van der Waals surface area contributed by atoms with Crippen molar-refractivity contribution in [2.45, 2.75) is 0 Å². The van der Waals surface area contributed by atoms with Crippen molar-refractivity contribution in [3.05, 3.63) is 42.1 Å². The first-order valence-corrected chi connectivity index (χ1v) is 6.56. The highest BCUT2D eigenvalue weighted by molar-refractivity contribution is 7.22. The number of hydrogen-bond acceptors (Lipinski definition) is 6. The second-order valence-corrected chi connectivity index (χ2v) is 5.11. The zero-order valence-corrected chi connectivity index (χ0v) is 11.0. The standard InChI is InChI=1S/C13H10N4O2S/c14-8-5-7(12(18)19)6-15-11(8)17-13-16-9-3-1-2-4-10(9)20-13/h1-6H,14H2,(H,18,19)(H,15,16,17). The number of aromatic nitrogens is 2. The molecule has 0 aliphatic carbocycles. The number of pyridine rings is 1.